The van der Waals surface area contributed by atoms with E-state index in [0.717, 1.165) is 12.8 Å². The third-order valence-electron chi connectivity index (χ3n) is 2.29. The summed E-state index contributed by atoms with van der Waals surface area (Å²) in [6.45, 7) is 3.06. The molecule has 4 nitrogen and oxygen atoms in total. The van der Waals surface area contributed by atoms with Gasteiger partial charge in [-0.05, 0) is 17.9 Å². The lowest BCUT2D eigenvalue weighted by molar-refractivity contribution is -0.126. The van der Waals surface area contributed by atoms with Crippen LogP contribution in [-0.2, 0) is 9.53 Å². The van der Waals surface area contributed by atoms with Crippen LogP contribution in [0, 0.1) is 0 Å². The van der Waals surface area contributed by atoms with Gasteiger partial charge in [-0.2, -0.15) is 0 Å². The number of amides is 1. The quantitative estimate of drug-likeness (QED) is 0.696. The van der Waals surface area contributed by atoms with Gasteiger partial charge in [0.25, 0.3) is 0 Å². The molecule has 0 aliphatic heterocycles. The first-order valence-corrected chi connectivity index (χ1v) is 6.76. The summed E-state index contributed by atoms with van der Waals surface area (Å²) in [5.41, 5.74) is 5.29. The van der Waals surface area contributed by atoms with E-state index in [0.29, 0.717) is 13.2 Å². The third-order valence-corrected chi connectivity index (χ3v) is 3.28. The first kappa shape index (κ1) is 14.2. The summed E-state index contributed by atoms with van der Waals surface area (Å²) in [4.78, 5) is 12.8. The van der Waals surface area contributed by atoms with Gasteiger partial charge < -0.3 is 15.8 Å². The predicted octanol–water partition coefficient (Wildman–Crippen LogP) is 1.68. The largest absolute Gasteiger partial charge is 0.370 e. The zero-order valence-corrected chi connectivity index (χ0v) is 11.0. The number of thiophene rings is 1. The Balaban J connectivity index is 2.41. The van der Waals surface area contributed by atoms with Gasteiger partial charge in [0.1, 0.15) is 6.61 Å². The van der Waals surface area contributed by atoms with E-state index in [9.17, 15) is 4.79 Å². The van der Waals surface area contributed by atoms with E-state index in [1.807, 2.05) is 17.5 Å². The summed E-state index contributed by atoms with van der Waals surface area (Å²) >= 11 is 1.67. The van der Waals surface area contributed by atoms with E-state index in [1.54, 1.807) is 11.3 Å². The minimum Gasteiger partial charge on any atom is -0.370 e. The van der Waals surface area contributed by atoms with Crippen LogP contribution in [0.15, 0.2) is 17.5 Å². The fourth-order valence-electron chi connectivity index (χ4n) is 1.55. The van der Waals surface area contributed by atoms with Crippen LogP contribution in [0.4, 0.5) is 0 Å². The number of carbonyl (C=O) groups is 1. The highest BCUT2D eigenvalue weighted by molar-refractivity contribution is 7.10. The zero-order valence-electron chi connectivity index (χ0n) is 10.1. The maximum atomic E-state index is 11.6. The molecule has 0 saturated carbocycles. The molecule has 0 fully saturated rings. The Morgan fingerprint density at radius 3 is 3.06 bits per heavy atom. The van der Waals surface area contributed by atoms with Gasteiger partial charge in [0.2, 0.25) is 5.91 Å². The summed E-state index contributed by atoms with van der Waals surface area (Å²) in [6.07, 6.45) is 1.98. The normalized spacial score (nSPS) is 12.4. The first-order chi connectivity index (χ1) is 8.27. The maximum Gasteiger partial charge on any atom is 0.246 e. The molecular formula is C12H20N2O2S. The van der Waals surface area contributed by atoms with E-state index in [4.69, 9.17) is 10.5 Å². The molecule has 0 aliphatic rings. The first-order valence-electron chi connectivity index (χ1n) is 5.88. The average Bonchev–Trinajstić information content (AvgIpc) is 2.82. The number of hydrogen-bond donors (Lipinski definition) is 2. The molecule has 0 aliphatic carbocycles. The summed E-state index contributed by atoms with van der Waals surface area (Å²) in [6, 6.07) is 4.15. The molecule has 0 aromatic carbocycles. The van der Waals surface area contributed by atoms with E-state index >= 15 is 0 Å². The zero-order chi connectivity index (χ0) is 12.5. The highest BCUT2D eigenvalue weighted by Gasteiger charge is 2.14. The van der Waals surface area contributed by atoms with Crippen molar-refractivity contribution < 1.29 is 9.53 Å². The van der Waals surface area contributed by atoms with Crippen molar-refractivity contribution in [2.45, 2.75) is 25.8 Å². The van der Waals surface area contributed by atoms with Crippen LogP contribution in [0.5, 0.6) is 0 Å². The Morgan fingerprint density at radius 2 is 2.47 bits per heavy atom. The molecule has 1 aromatic heterocycles. The Morgan fingerprint density at radius 1 is 1.65 bits per heavy atom. The van der Waals surface area contributed by atoms with Crippen molar-refractivity contribution in [2.75, 3.05) is 19.8 Å². The standard InChI is InChI=1S/C12H20N2O2S/c1-2-4-10(11-5-3-8-17-11)14-12(15)9-16-7-6-13/h3,5,8,10H,2,4,6-7,9,13H2,1H3,(H,14,15). The van der Waals surface area contributed by atoms with Crippen LogP contribution >= 0.6 is 11.3 Å². The highest BCUT2D eigenvalue weighted by atomic mass is 32.1. The second kappa shape index (κ2) is 8.22. The molecule has 1 heterocycles. The van der Waals surface area contributed by atoms with Gasteiger partial charge in [0, 0.05) is 11.4 Å². The highest BCUT2D eigenvalue weighted by Crippen LogP contribution is 2.22. The van der Waals surface area contributed by atoms with Crippen LogP contribution in [0.3, 0.4) is 0 Å². The predicted molar refractivity (Wildman–Crippen MR) is 70.0 cm³/mol. The monoisotopic (exact) mass is 256 g/mol. The fraction of sp³-hybridized carbons (Fsp3) is 0.583. The van der Waals surface area contributed by atoms with Gasteiger partial charge >= 0.3 is 0 Å². The van der Waals surface area contributed by atoms with Crippen LogP contribution in [-0.4, -0.2) is 25.7 Å². The van der Waals surface area contributed by atoms with E-state index in [1.165, 1.54) is 4.88 Å². The number of hydrogen-bond acceptors (Lipinski definition) is 4. The number of carbonyl (C=O) groups excluding carboxylic acids is 1. The van der Waals surface area contributed by atoms with Crippen LogP contribution < -0.4 is 11.1 Å². The topological polar surface area (TPSA) is 64.3 Å². The molecule has 1 rings (SSSR count). The SMILES string of the molecule is CCCC(NC(=O)COCCN)c1cccs1. The number of ether oxygens (including phenoxy) is 1. The van der Waals surface area contributed by atoms with Crippen molar-refractivity contribution in [3.8, 4) is 0 Å². The Labute approximate surface area is 106 Å². The summed E-state index contributed by atoms with van der Waals surface area (Å²) < 4.78 is 5.11. The van der Waals surface area contributed by atoms with Crippen molar-refractivity contribution in [3.05, 3.63) is 22.4 Å². The number of nitrogens with two attached hydrogens (primary N) is 1. The Hall–Kier alpha value is -0.910. The van der Waals surface area contributed by atoms with Gasteiger partial charge in [-0.15, -0.1) is 11.3 Å². The molecule has 96 valence electrons. The van der Waals surface area contributed by atoms with Crippen LogP contribution in [0.25, 0.3) is 0 Å². The summed E-state index contributed by atoms with van der Waals surface area (Å²) in [5.74, 6) is -0.0784. The van der Waals surface area contributed by atoms with Gasteiger partial charge in [0.05, 0.1) is 12.6 Å². The molecule has 5 heteroatoms. The lowest BCUT2D eigenvalue weighted by Crippen LogP contribution is -2.31. The number of nitrogens with one attached hydrogen (secondary N) is 1. The lowest BCUT2D eigenvalue weighted by atomic mass is 10.1. The van der Waals surface area contributed by atoms with E-state index in [-0.39, 0.29) is 18.6 Å². The maximum absolute atomic E-state index is 11.6. The molecule has 1 aromatic rings. The van der Waals surface area contributed by atoms with Gasteiger partial charge in [-0.25, -0.2) is 0 Å². The van der Waals surface area contributed by atoms with Crippen molar-refractivity contribution in [2.24, 2.45) is 5.73 Å². The molecule has 1 amide bonds. The minimum absolute atomic E-state index is 0.0784. The van der Waals surface area contributed by atoms with Crippen molar-refractivity contribution in [1.82, 2.24) is 5.32 Å². The second-order valence-corrected chi connectivity index (χ2v) is 4.74. The van der Waals surface area contributed by atoms with E-state index < -0.39 is 0 Å². The lowest BCUT2D eigenvalue weighted by Gasteiger charge is -2.16. The molecule has 3 N–H and O–H groups in total. The van der Waals surface area contributed by atoms with Crippen LogP contribution in [0.1, 0.15) is 30.7 Å². The number of rotatable bonds is 8. The molecule has 17 heavy (non-hydrogen) atoms. The van der Waals surface area contributed by atoms with Crippen molar-refractivity contribution >= 4 is 17.2 Å². The Bertz CT molecular complexity index is 314. The molecule has 0 radical (unpaired) electrons. The fourth-order valence-corrected chi connectivity index (χ4v) is 2.36. The van der Waals surface area contributed by atoms with Gasteiger partial charge in [-0.1, -0.05) is 19.4 Å². The molecular weight excluding hydrogens is 236 g/mol. The Kier molecular flexibility index (Phi) is 6.84. The smallest absolute Gasteiger partial charge is 0.246 e. The summed E-state index contributed by atoms with van der Waals surface area (Å²) in [7, 11) is 0. The summed E-state index contributed by atoms with van der Waals surface area (Å²) in [5, 5.41) is 5.01. The molecule has 1 atom stereocenters. The second-order valence-electron chi connectivity index (χ2n) is 3.77. The third kappa shape index (κ3) is 5.30. The molecule has 0 bridgehead atoms. The average molecular weight is 256 g/mol. The molecule has 0 saturated heterocycles. The van der Waals surface area contributed by atoms with Crippen LogP contribution in [0.2, 0.25) is 0 Å². The van der Waals surface area contributed by atoms with Crippen molar-refractivity contribution in [1.29, 1.82) is 0 Å². The molecule has 1 unspecified atom stereocenters. The van der Waals surface area contributed by atoms with Gasteiger partial charge in [0.15, 0.2) is 0 Å². The van der Waals surface area contributed by atoms with E-state index in [2.05, 4.69) is 12.2 Å². The van der Waals surface area contributed by atoms with Crippen molar-refractivity contribution in [3.63, 3.8) is 0 Å². The molecule has 0 spiro atoms. The van der Waals surface area contributed by atoms with Gasteiger partial charge in [-0.3, -0.25) is 4.79 Å². The minimum atomic E-state index is -0.0784.